The first-order chi connectivity index (χ1) is 13.0. The summed E-state index contributed by atoms with van der Waals surface area (Å²) in [6.45, 7) is 2.06. The molecule has 2 aromatic carbocycles. The molecule has 6 heteroatoms. The third-order valence-corrected chi connectivity index (χ3v) is 5.00. The van der Waals surface area contributed by atoms with Crippen LogP contribution in [-0.4, -0.2) is 23.5 Å². The van der Waals surface area contributed by atoms with Gasteiger partial charge in [-0.25, -0.2) is 9.18 Å². The second-order valence-corrected chi connectivity index (χ2v) is 6.73. The van der Waals surface area contributed by atoms with Crippen molar-refractivity contribution in [3.63, 3.8) is 0 Å². The number of anilines is 1. The van der Waals surface area contributed by atoms with Crippen molar-refractivity contribution in [3.05, 3.63) is 65.6 Å². The average molecular weight is 366 g/mol. The minimum Gasteiger partial charge on any atom is -0.462 e. The normalized spacial score (nSPS) is 14.7. The number of halogens is 1. The van der Waals surface area contributed by atoms with Crippen molar-refractivity contribution in [1.29, 1.82) is 0 Å². The van der Waals surface area contributed by atoms with Crippen LogP contribution in [-0.2, 0) is 14.9 Å². The maximum atomic E-state index is 13.4. The van der Waals surface area contributed by atoms with Crippen LogP contribution < -0.4 is 5.32 Å². The van der Waals surface area contributed by atoms with Crippen LogP contribution in [0.3, 0.4) is 0 Å². The highest BCUT2D eigenvalue weighted by Crippen LogP contribution is 2.51. The largest absolute Gasteiger partial charge is 0.462 e. The van der Waals surface area contributed by atoms with E-state index in [0.29, 0.717) is 23.4 Å². The number of aromatic amines is 1. The van der Waals surface area contributed by atoms with Gasteiger partial charge in [-0.1, -0.05) is 0 Å². The van der Waals surface area contributed by atoms with Crippen LogP contribution in [0.2, 0.25) is 0 Å². The van der Waals surface area contributed by atoms with Crippen molar-refractivity contribution in [1.82, 2.24) is 4.98 Å². The molecule has 0 bridgehead atoms. The van der Waals surface area contributed by atoms with Crippen molar-refractivity contribution >= 4 is 28.5 Å². The Morgan fingerprint density at radius 2 is 1.93 bits per heavy atom. The first-order valence-electron chi connectivity index (χ1n) is 8.89. The number of aromatic nitrogens is 1. The molecule has 0 radical (unpaired) electrons. The van der Waals surface area contributed by atoms with Gasteiger partial charge in [0.1, 0.15) is 5.82 Å². The molecule has 0 aliphatic heterocycles. The Bertz CT molecular complexity index is 1020. The molecule has 0 unspecified atom stereocenters. The van der Waals surface area contributed by atoms with E-state index in [1.807, 2.05) is 0 Å². The van der Waals surface area contributed by atoms with Crippen LogP contribution in [0, 0.1) is 5.82 Å². The van der Waals surface area contributed by atoms with E-state index in [1.54, 1.807) is 43.5 Å². The number of rotatable bonds is 5. The molecular formula is C21H19FN2O3. The van der Waals surface area contributed by atoms with Crippen LogP contribution in [0.15, 0.2) is 48.7 Å². The van der Waals surface area contributed by atoms with Crippen LogP contribution in [0.25, 0.3) is 10.9 Å². The monoisotopic (exact) mass is 366 g/mol. The number of ether oxygens (including phenoxy) is 1. The summed E-state index contributed by atoms with van der Waals surface area (Å²) in [7, 11) is 0. The molecule has 3 aromatic rings. The number of esters is 1. The van der Waals surface area contributed by atoms with Crippen LogP contribution in [0.5, 0.6) is 0 Å². The second-order valence-electron chi connectivity index (χ2n) is 6.73. The molecule has 1 aliphatic carbocycles. The number of hydrogen-bond donors (Lipinski definition) is 2. The predicted molar refractivity (Wildman–Crippen MR) is 100 cm³/mol. The van der Waals surface area contributed by atoms with E-state index in [9.17, 15) is 14.0 Å². The molecule has 5 nitrogen and oxygen atoms in total. The Morgan fingerprint density at radius 3 is 2.59 bits per heavy atom. The van der Waals surface area contributed by atoms with Crippen LogP contribution >= 0.6 is 0 Å². The maximum Gasteiger partial charge on any atom is 0.338 e. The fourth-order valence-electron chi connectivity index (χ4n) is 3.39. The van der Waals surface area contributed by atoms with E-state index >= 15 is 0 Å². The fourth-order valence-corrected chi connectivity index (χ4v) is 3.39. The molecular weight excluding hydrogens is 347 g/mol. The van der Waals surface area contributed by atoms with Crippen molar-refractivity contribution in [3.8, 4) is 0 Å². The van der Waals surface area contributed by atoms with Gasteiger partial charge < -0.3 is 15.0 Å². The van der Waals surface area contributed by atoms with Gasteiger partial charge in [0.25, 0.3) is 0 Å². The van der Waals surface area contributed by atoms with Gasteiger partial charge in [-0.05, 0) is 67.8 Å². The molecule has 1 saturated carbocycles. The van der Waals surface area contributed by atoms with Crippen LogP contribution in [0.1, 0.15) is 35.7 Å². The summed E-state index contributed by atoms with van der Waals surface area (Å²) in [6, 6.07) is 11.2. The van der Waals surface area contributed by atoms with Crippen molar-refractivity contribution in [2.24, 2.45) is 0 Å². The Kier molecular flexibility index (Phi) is 4.18. The highest BCUT2D eigenvalue weighted by molar-refractivity contribution is 6.04. The second kappa shape index (κ2) is 6.54. The van der Waals surface area contributed by atoms with Crippen molar-refractivity contribution < 1.29 is 18.7 Å². The van der Waals surface area contributed by atoms with E-state index in [1.165, 1.54) is 12.1 Å². The molecule has 1 fully saturated rings. The topological polar surface area (TPSA) is 71.2 Å². The lowest BCUT2D eigenvalue weighted by molar-refractivity contribution is -0.118. The lowest BCUT2D eigenvalue weighted by Crippen LogP contribution is -2.27. The number of carbonyl (C=O) groups is 2. The summed E-state index contributed by atoms with van der Waals surface area (Å²) in [5, 5.41) is 3.79. The molecule has 4 rings (SSSR count). The first kappa shape index (κ1) is 17.3. The van der Waals surface area contributed by atoms with Gasteiger partial charge in [0.15, 0.2) is 0 Å². The van der Waals surface area contributed by atoms with Gasteiger partial charge in [0.05, 0.1) is 17.6 Å². The molecule has 2 N–H and O–H groups in total. The van der Waals surface area contributed by atoms with E-state index in [2.05, 4.69) is 10.3 Å². The Morgan fingerprint density at radius 1 is 1.19 bits per heavy atom. The summed E-state index contributed by atoms with van der Waals surface area (Å²) in [4.78, 5) is 27.7. The molecule has 1 heterocycles. The zero-order valence-corrected chi connectivity index (χ0v) is 14.8. The molecule has 27 heavy (non-hydrogen) atoms. The third-order valence-electron chi connectivity index (χ3n) is 5.00. The quantitative estimate of drug-likeness (QED) is 0.666. The molecule has 1 aliphatic rings. The third kappa shape index (κ3) is 3.07. The molecule has 1 amide bonds. The Labute approximate surface area is 155 Å². The number of carbonyl (C=O) groups excluding carboxylic acids is 2. The van der Waals surface area contributed by atoms with Gasteiger partial charge in [-0.15, -0.1) is 0 Å². The molecule has 0 atom stereocenters. The fraction of sp³-hybridized carbons (Fsp3) is 0.238. The number of hydrogen-bond acceptors (Lipinski definition) is 3. The minimum atomic E-state index is -0.601. The van der Waals surface area contributed by atoms with Crippen molar-refractivity contribution in [2.45, 2.75) is 25.2 Å². The van der Waals surface area contributed by atoms with Gasteiger partial charge in [-0.2, -0.15) is 0 Å². The van der Waals surface area contributed by atoms with Gasteiger partial charge in [0, 0.05) is 22.8 Å². The van der Waals surface area contributed by atoms with E-state index in [4.69, 9.17) is 4.74 Å². The zero-order valence-electron chi connectivity index (χ0n) is 14.8. The maximum absolute atomic E-state index is 13.4. The van der Waals surface area contributed by atoms with Crippen molar-refractivity contribution in [2.75, 3.05) is 11.9 Å². The zero-order chi connectivity index (χ0) is 19.0. The molecule has 138 valence electrons. The number of nitrogens with one attached hydrogen (secondary N) is 2. The highest BCUT2D eigenvalue weighted by atomic mass is 19.1. The average Bonchev–Trinajstić information content (AvgIpc) is 3.36. The molecule has 0 spiro atoms. The lowest BCUT2D eigenvalue weighted by Gasteiger charge is -2.15. The number of fused-ring (bicyclic) bond motifs is 1. The molecule has 1 aromatic heterocycles. The van der Waals surface area contributed by atoms with Gasteiger partial charge >= 0.3 is 5.97 Å². The predicted octanol–water partition coefficient (Wildman–Crippen LogP) is 4.15. The minimum absolute atomic E-state index is 0.100. The SMILES string of the molecule is CCOC(=O)c1ccc(NC(=O)C2(c3c[nH]c4cc(F)ccc34)CC2)cc1. The van der Waals surface area contributed by atoms with E-state index in [-0.39, 0.29) is 17.7 Å². The number of amides is 1. The lowest BCUT2D eigenvalue weighted by atomic mass is 9.94. The summed E-state index contributed by atoms with van der Waals surface area (Å²) in [6.07, 6.45) is 3.27. The standard InChI is InChI=1S/C21H19FN2O3/c1-2-27-19(25)13-3-6-15(7-4-13)24-20(26)21(9-10-21)17-12-23-18-11-14(22)5-8-16(17)18/h3-8,11-12,23H,2,9-10H2,1H3,(H,24,26). The Balaban J connectivity index is 1.55. The highest BCUT2D eigenvalue weighted by Gasteiger charge is 2.52. The number of benzene rings is 2. The first-order valence-corrected chi connectivity index (χ1v) is 8.89. The summed E-state index contributed by atoms with van der Waals surface area (Å²) in [5.41, 5.74) is 2.02. The summed E-state index contributed by atoms with van der Waals surface area (Å²) < 4.78 is 18.4. The van der Waals surface area contributed by atoms with E-state index < -0.39 is 5.41 Å². The smallest absolute Gasteiger partial charge is 0.338 e. The van der Waals surface area contributed by atoms with Gasteiger partial charge in [0.2, 0.25) is 5.91 Å². The van der Waals surface area contributed by atoms with Gasteiger partial charge in [-0.3, -0.25) is 4.79 Å². The van der Waals surface area contributed by atoms with E-state index in [0.717, 1.165) is 23.8 Å². The summed E-state index contributed by atoms with van der Waals surface area (Å²) in [5.74, 6) is -0.802. The molecule has 0 saturated heterocycles. The summed E-state index contributed by atoms with van der Waals surface area (Å²) >= 11 is 0. The van der Waals surface area contributed by atoms with Crippen LogP contribution in [0.4, 0.5) is 10.1 Å². The number of H-pyrrole nitrogens is 1. The Hall–Kier alpha value is -3.15.